The number of allylic oxidation sites excluding steroid dienone is 1. The van der Waals surface area contributed by atoms with E-state index in [1.54, 1.807) is 6.20 Å². The van der Waals surface area contributed by atoms with Crippen molar-refractivity contribution >= 4 is 11.8 Å². The van der Waals surface area contributed by atoms with E-state index in [1.165, 1.54) is 24.8 Å². The molecule has 2 aromatic rings. The predicted molar refractivity (Wildman–Crippen MR) is 218 cm³/mol. The molecule has 2 aliphatic rings. The third-order valence-corrected chi connectivity index (χ3v) is 12.7. The van der Waals surface area contributed by atoms with E-state index >= 15 is 0 Å². The maximum absolute atomic E-state index is 12.8. The van der Waals surface area contributed by atoms with Crippen molar-refractivity contribution in [2.75, 3.05) is 19.3 Å². The Labute approximate surface area is 326 Å². The van der Waals surface area contributed by atoms with Crippen LogP contribution in [0.2, 0.25) is 0 Å². The molecule has 0 aliphatic heterocycles. The number of pyridine rings is 1. The number of rotatable bonds is 24. The highest BCUT2D eigenvalue weighted by Crippen LogP contribution is 2.48. The summed E-state index contributed by atoms with van der Waals surface area (Å²) in [6, 6.07) is 6.08. The van der Waals surface area contributed by atoms with Crippen molar-refractivity contribution < 1.29 is 25.2 Å². The van der Waals surface area contributed by atoms with Crippen LogP contribution in [0.1, 0.15) is 140 Å². The zero-order valence-electron chi connectivity index (χ0n) is 34.0. The lowest BCUT2D eigenvalue weighted by Gasteiger charge is -2.40. The van der Waals surface area contributed by atoms with Crippen LogP contribution in [0.5, 0.6) is 0 Å². The number of aliphatic hydroxyl groups excluding tert-OH is 2. The van der Waals surface area contributed by atoms with Gasteiger partial charge in [-0.1, -0.05) is 90.0 Å². The van der Waals surface area contributed by atoms with Crippen LogP contribution in [0.4, 0.5) is 5.82 Å². The molecule has 9 nitrogen and oxygen atoms in total. The number of aromatic nitrogens is 2. The van der Waals surface area contributed by atoms with Crippen molar-refractivity contribution in [3.8, 4) is 0 Å². The first-order valence-electron chi connectivity index (χ1n) is 21.3. The van der Waals surface area contributed by atoms with Gasteiger partial charge in [-0.25, -0.2) is 4.98 Å². The largest absolute Gasteiger partial charge is 0.667 e. The SMILES string of the molecule is CCCCC[C@@H]1C=C[C@@H](CCCCC[C@H](C(=O)O)[C@H](O)C[C@@H](CNC)[C@]2(O)C[C@H](Cc3ccnc(N)c3)C[C@H]2Cc2cc([C@H](C)CC(C)C)c[n-]2)[C@H](O)C1. The number of anilines is 1. The fraction of sp³-hybridized carbons (Fsp3) is 0.733. The van der Waals surface area contributed by atoms with Crippen molar-refractivity contribution in [3.05, 3.63) is 59.6 Å². The van der Waals surface area contributed by atoms with Crippen LogP contribution < -0.4 is 16.0 Å². The summed E-state index contributed by atoms with van der Waals surface area (Å²) in [6.07, 6.45) is 20.2. The molecule has 54 heavy (non-hydrogen) atoms. The summed E-state index contributed by atoms with van der Waals surface area (Å²) < 4.78 is 0. The van der Waals surface area contributed by atoms with E-state index in [4.69, 9.17) is 10.7 Å². The van der Waals surface area contributed by atoms with E-state index in [-0.39, 0.29) is 36.2 Å². The fourth-order valence-electron chi connectivity index (χ4n) is 9.81. The number of carboxylic acid groups (broad SMARTS) is 1. The van der Waals surface area contributed by atoms with Crippen LogP contribution in [0.25, 0.3) is 0 Å². The topological polar surface area (TPSA) is 163 Å². The molecule has 0 amide bonds. The Morgan fingerprint density at radius 3 is 2.52 bits per heavy atom. The van der Waals surface area contributed by atoms with Gasteiger partial charge in [0.15, 0.2) is 0 Å². The molecule has 0 unspecified atom stereocenters. The van der Waals surface area contributed by atoms with Crippen LogP contribution in [-0.4, -0.2) is 62.8 Å². The Bertz CT molecular complexity index is 1430. The van der Waals surface area contributed by atoms with E-state index in [1.807, 2.05) is 25.4 Å². The lowest BCUT2D eigenvalue weighted by Crippen LogP contribution is -2.48. The average molecular weight is 750 g/mol. The third-order valence-electron chi connectivity index (χ3n) is 12.7. The number of nitrogens with one attached hydrogen (secondary N) is 1. The normalized spacial score (nSPS) is 26.6. The first-order chi connectivity index (χ1) is 25.8. The Morgan fingerprint density at radius 1 is 1.06 bits per heavy atom. The van der Waals surface area contributed by atoms with Gasteiger partial charge >= 0.3 is 5.97 Å². The lowest BCUT2D eigenvalue weighted by molar-refractivity contribution is -0.148. The Kier molecular flexibility index (Phi) is 17.6. The van der Waals surface area contributed by atoms with Gasteiger partial charge in [0.2, 0.25) is 0 Å². The van der Waals surface area contributed by atoms with E-state index in [2.05, 4.69) is 56.2 Å². The number of carboxylic acids is 1. The number of carbonyl (C=O) groups is 1. The molecule has 304 valence electrons. The third kappa shape index (κ3) is 12.9. The number of hydrogen-bond donors (Lipinski definition) is 6. The van der Waals surface area contributed by atoms with Gasteiger partial charge in [-0.15, -0.1) is 0 Å². The quantitative estimate of drug-likeness (QED) is 0.0467. The predicted octanol–water partition coefficient (Wildman–Crippen LogP) is 7.68. The molecule has 4 rings (SSSR count). The number of aliphatic hydroxyl groups is 3. The van der Waals surface area contributed by atoms with Crippen molar-refractivity contribution in [1.82, 2.24) is 15.3 Å². The lowest BCUT2D eigenvalue weighted by atomic mass is 9.73. The molecular formula is C45H73N4O5-. The smallest absolute Gasteiger partial charge is 0.309 e. The summed E-state index contributed by atoms with van der Waals surface area (Å²) in [5.41, 5.74) is 8.19. The minimum absolute atomic E-state index is 0.102. The highest BCUT2D eigenvalue weighted by atomic mass is 16.4. The second kappa shape index (κ2) is 21.5. The Balaban J connectivity index is 1.40. The van der Waals surface area contributed by atoms with Crippen LogP contribution in [0.3, 0.4) is 0 Å². The monoisotopic (exact) mass is 750 g/mol. The van der Waals surface area contributed by atoms with Gasteiger partial charge < -0.3 is 36.5 Å². The number of unbranched alkanes of at least 4 members (excludes halogenated alkanes) is 4. The van der Waals surface area contributed by atoms with Crippen molar-refractivity contribution in [1.29, 1.82) is 0 Å². The molecule has 2 heterocycles. The van der Waals surface area contributed by atoms with Gasteiger partial charge in [0.25, 0.3) is 0 Å². The average Bonchev–Trinajstić information content (AvgIpc) is 3.71. The van der Waals surface area contributed by atoms with Gasteiger partial charge in [0.05, 0.1) is 23.7 Å². The second-order valence-electron chi connectivity index (χ2n) is 17.7. The molecule has 0 aromatic carbocycles. The van der Waals surface area contributed by atoms with Crippen molar-refractivity contribution in [2.24, 2.45) is 41.4 Å². The summed E-state index contributed by atoms with van der Waals surface area (Å²) in [7, 11) is 1.85. The maximum Gasteiger partial charge on any atom is 0.309 e. The standard InChI is InChI=1S/C45H73N4O5/c1-6-7-9-12-32-15-16-35(41(50)22-32)13-10-8-11-14-40(44(52)53)42(51)26-38(29-47-5)45(54)27-34(20-33-17-18-48-43(46)23-33)21-37(45)25-39-24-36(28-49-39)31(4)19-30(2)3/h15-18,23-24,28,30-32,34-35,37-38,40-42,47,50-51,54H,6-14,19-22,25-27,29H2,1-5H3,(H2,46,48)(H,52,53)/q-1/t31-,32-,34-,35-,37+,38+,40+,41-,42-,45+/m1/s1. The van der Waals surface area contributed by atoms with Crippen molar-refractivity contribution in [2.45, 2.75) is 154 Å². The zero-order valence-corrected chi connectivity index (χ0v) is 34.0. The van der Waals surface area contributed by atoms with E-state index in [9.17, 15) is 25.2 Å². The van der Waals surface area contributed by atoms with Gasteiger partial charge in [-0.3, -0.25) is 4.79 Å². The van der Waals surface area contributed by atoms with Crippen LogP contribution in [0, 0.1) is 41.4 Å². The molecule has 0 saturated heterocycles. The summed E-state index contributed by atoms with van der Waals surface area (Å²) in [5, 5.41) is 48.7. The van der Waals surface area contributed by atoms with E-state index in [0.717, 1.165) is 62.6 Å². The molecule has 1 saturated carbocycles. The minimum Gasteiger partial charge on any atom is -0.667 e. The molecule has 2 aromatic heterocycles. The summed E-state index contributed by atoms with van der Waals surface area (Å²) in [4.78, 5) is 21.5. The molecule has 0 spiro atoms. The highest BCUT2D eigenvalue weighted by molar-refractivity contribution is 5.70. The number of aliphatic carboxylic acids is 1. The highest BCUT2D eigenvalue weighted by Gasteiger charge is 2.51. The molecule has 0 radical (unpaired) electrons. The fourth-order valence-corrected chi connectivity index (χ4v) is 9.81. The maximum atomic E-state index is 12.8. The summed E-state index contributed by atoms with van der Waals surface area (Å²) >= 11 is 0. The molecule has 2 aliphatic carbocycles. The molecule has 7 N–H and O–H groups in total. The van der Waals surface area contributed by atoms with Gasteiger partial charge in [0, 0.05) is 24.6 Å². The summed E-state index contributed by atoms with van der Waals surface area (Å²) in [5.74, 6) is -0.0566. The molecule has 9 heteroatoms. The second-order valence-corrected chi connectivity index (χ2v) is 17.7. The Hall–Kier alpha value is -2.72. The van der Waals surface area contributed by atoms with Gasteiger partial charge in [-0.05, 0) is 119 Å². The number of hydrogen-bond acceptors (Lipinski definition) is 7. The molecular weight excluding hydrogens is 677 g/mol. The van der Waals surface area contributed by atoms with Crippen LogP contribution in [0.15, 0.2) is 42.7 Å². The van der Waals surface area contributed by atoms with Crippen molar-refractivity contribution in [3.63, 3.8) is 0 Å². The number of nitrogen functional groups attached to an aromatic ring is 1. The number of nitrogens with zero attached hydrogens (tertiary/aromatic N) is 2. The first kappa shape index (κ1) is 44.0. The van der Waals surface area contributed by atoms with Crippen LogP contribution in [-0.2, 0) is 17.6 Å². The minimum atomic E-state index is -1.12. The number of nitrogens with two attached hydrogens (primary N) is 1. The molecule has 10 atom stereocenters. The van der Waals surface area contributed by atoms with Crippen LogP contribution >= 0.6 is 0 Å². The molecule has 0 bridgehead atoms. The van der Waals surface area contributed by atoms with Gasteiger partial charge in [0.1, 0.15) is 5.82 Å². The van der Waals surface area contributed by atoms with E-state index in [0.29, 0.717) is 55.8 Å². The first-order valence-corrected chi connectivity index (χ1v) is 21.3. The van der Waals surface area contributed by atoms with E-state index < -0.39 is 23.6 Å². The zero-order chi connectivity index (χ0) is 39.3. The molecule has 1 fully saturated rings. The van der Waals surface area contributed by atoms with Gasteiger partial charge in [-0.2, -0.15) is 11.9 Å². The Morgan fingerprint density at radius 2 is 1.83 bits per heavy atom. The summed E-state index contributed by atoms with van der Waals surface area (Å²) in [6.45, 7) is 9.39.